The number of nitrogens with one attached hydrogen (secondary N) is 3. The summed E-state index contributed by atoms with van der Waals surface area (Å²) in [5.41, 5.74) is 0.467. The van der Waals surface area contributed by atoms with E-state index in [-0.39, 0.29) is 11.8 Å². The number of carbonyl (C=O) groups excluding carboxylic acids is 1. The lowest BCUT2D eigenvalue weighted by molar-refractivity contribution is 0.248. The minimum atomic E-state index is -0.357. The van der Waals surface area contributed by atoms with Gasteiger partial charge < -0.3 is 16.0 Å². The number of rotatable bonds is 3. The summed E-state index contributed by atoms with van der Waals surface area (Å²) in [5, 5.41) is 8.71. The van der Waals surface area contributed by atoms with Gasteiger partial charge >= 0.3 is 6.03 Å². The van der Waals surface area contributed by atoms with Crippen molar-refractivity contribution in [3.05, 3.63) is 30.1 Å². The minimum absolute atomic E-state index is 0.286. The molecule has 0 unspecified atom stereocenters. The molecule has 1 saturated heterocycles. The number of benzene rings is 1. The van der Waals surface area contributed by atoms with Crippen LogP contribution in [0, 0.1) is 11.7 Å². The van der Waals surface area contributed by atoms with E-state index in [0.29, 0.717) is 18.2 Å². The Kier molecular flexibility index (Phi) is 4.52. The summed E-state index contributed by atoms with van der Waals surface area (Å²) in [7, 11) is 0. The van der Waals surface area contributed by atoms with Crippen LogP contribution >= 0.6 is 0 Å². The Morgan fingerprint density at radius 1 is 1.50 bits per heavy atom. The van der Waals surface area contributed by atoms with Gasteiger partial charge in [-0.1, -0.05) is 6.07 Å². The number of hydrogen-bond acceptors (Lipinski definition) is 2. The topological polar surface area (TPSA) is 53.2 Å². The molecular weight excluding hydrogens is 233 g/mol. The molecule has 1 heterocycles. The van der Waals surface area contributed by atoms with Gasteiger partial charge in [0.05, 0.1) is 0 Å². The lowest BCUT2D eigenvalue weighted by Crippen LogP contribution is -2.39. The zero-order valence-electron chi connectivity index (χ0n) is 10.2. The highest BCUT2D eigenvalue weighted by Crippen LogP contribution is 2.10. The summed E-state index contributed by atoms with van der Waals surface area (Å²) in [6.07, 6.45) is 2.28. The Balaban J connectivity index is 1.74. The fraction of sp³-hybridized carbons (Fsp3) is 0.462. The van der Waals surface area contributed by atoms with Crippen LogP contribution in [0.1, 0.15) is 12.8 Å². The van der Waals surface area contributed by atoms with Crippen LogP contribution in [0.15, 0.2) is 24.3 Å². The number of urea groups is 1. The lowest BCUT2D eigenvalue weighted by Gasteiger charge is -2.22. The third-order valence-electron chi connectivity index (χ3n) is 3.03. The van der Waals surface area contributed by atoms with Crippen LogP contribution in [0.3, 0.4) is 0 Å². The predicted octanol–water partition coefficient (Wildman–Crippen LogP) is 1.95. The molecule has 1 aliphatic rings. The largest absolute Gasteiger partial charge is 0.338 e. The third-order valence-corrected chi connectivity index (χ3v) is 3.03. The molecule has 1 fully saturated rings. The summed E-state index contributed by atoms with van der Waals surface area (Å²) in [6.45, 7) is 2.65. The molecule has 4 nitrogen and oxygen atoms in total. The second kappa shape index (κ2) is 6.35. The Labute approximate surface area is 106 Å². The molecule has 1 atom stereocenters. The van der Waals surface area contributed by atoms with Gasteiger partial charge in [0.25, 0.3) is 0 Å². The van der Waals surface area contributed by atoms with E-state index in [2.05, 4.69) is 16.0 Å². The van der Waals surface area contributed by atoms with Gasteiger partial charge in [0.1, 0.15) is 5.82 Å². The van der Waals surface area contributed by atoms with E-state index < -0.39 is 0 Å². The van der Waals surface area contributed by atoms with Crippen molar-refractivity contribution in [2.75, 3.05) is 25.0 Å². The molecule has 0 bridgehead atoms. The van der Waals surface area contributed by atoms with Crippen LogP contribution in [-0.4, -0.2) is 25.7 Å². The molecule has 1 aromatic rings. The first-order chi connectivity index (χ1) is 8.74. The maximum Gasteiger partial charge on any atom is 0.319 e. The van der Waals surface area contributed by atoms with Crippen LogP contribution < -0.4 is 16.0 Å². The number of carbonyl (C=O) groups is 1. The maximum atomic E-state index is 12.9. The van der Waals surface area contributed by atoms with E-state index in [4.69, 9.17) is 0 Å². The number of hydrogen-bond donors (Lipinski definition) is 3. The lowest BCUT2D eigenvalue weighted by atomic mass is 10.00. The van der Waals surface area contributed by atoms with Gasteiger partial charge in [0, 0.05) is 12.2 Å². The number of amides is 2. The fourth-order valence-electron chi connectivity index (χ4n) is 2.08. The summed E-state index contributed by atoms with van der Waals surface area (Å²) in [5.74, 6) is 0.126. The van der Waals surface area contributed by atoms with Crippen LogP contribution in [0.25, 0.3) is 0 Å². The van der Waals surface area contributed by atoms with E-state index in [1.807, 2.05) is 0 Å². The van der Waals surface area contributed by atoms with E-state index in [9.17, 15) is 9.18 Å². The van der Waals surface area contributed by atoms with Gasteiger partial charge in [-0.3, -0.25) is 0 Å². The first kappa shape index (κ1) is 12.8. The molecule has 0 radical (unpaired) electrons. The van der Waals surface area contributed by atoms with Crippen molar-refractivity contribution in [1.29, 1.82) is 0 Å². The highest BCUT2D eigenvalue weighted by molar-refractivity contribution is 5.89. The molecule has 5 heteroatoms. The first-order valence-electron chi connectivity index (χ1n) is 6.25. The molecule has 98 valence electrons. The van der Waals surface area contributed by atoms with Gasteiger partial charge in [0.15, 0.2) is 0 Å². The molecule has 0 aromatic heterocycles. The summed E-state index contributed by atoms with van der Waals surface area (Å²) < 4.78 is 12.9. The van der Waals surface area contributed by atoms with Crippen LogP contribution in [0.2, 0.25) is 0 Å². The second-order valence-electron chi connectivity index (χ2n) is 4.56. The summed E-state index contributed by atoms with van der Waals surface area (Å²) >= 11 is 0. The molecule has 18 heavy (non-hydrogen) atoms. The van der Waals surface area contributed by atoms with Gasteiger partial charge in [-0.2, -0.15) is 0 Å². The van der Waals surface area contributed by atoms with E-state index in [1.165, 1.54) is 12.1 Å². The van der Waals surface area contributed by atoms with Crippen molar-refractivity contribution >= 4 is 11.7 Å². The Morgan fingerprint density at radius 2 is 2.39 bits per heavy atom. The van der Waals surface area contributed by atoms with Gasteiger partial charge in [-0.05, 0) is 50.0 Å². The Bertz CT molecular complexity index is 405. The molecule has 2 amide bonds. The van der Waals surface area contributed by atoms with Crippen molar-refractivity contribution in [3.63, 3.8) is 0 Å². The average Bonchev–Trinajstić information content (AvgIpc) is 2.38. The van der Waals surface area contributed by atoms with Crippen LogP contribution in [-0.2, 0) is 0 Å². The smallest absolute Gasteiger partial charge is 0.319 e. The van der Waals surface area contributed by atoms with Crippen molar-refractivity contribution in [2.45, 2.75) is 12.8 Å². The van der Waals surface area contributed by atoms with Crippen molar-refractivity contribution in [2.24, 2.45) is 5.92 Å². The Morgan fingerprint density at radius 3 is 3.11 bits per heavy atom. The number of anilines is 1. The number of halogens is 1. The zero-order chi connectivity index (χ0) is 12.8. The van der Waals surface area contributed by atoms with E-state index in [0.717, 1.165) is 25.9 Å². The third kappa shape index (κ3) is 4.00. The molecule has 1 aliphatic heterocycles. The van der Waals surface area contributed by atoms with E-state index >= 15 is 0 Å². The first-order valence-corrected chi connectivity index (χ1v) is 6.25. The van der Waals surface area contributed by atoms with Gasteiger partial charge in [-0.15, -0.1) is 0 Å². The SMILES string of the molecule is O=C(NC[C@H]1CCCNC1)Nc1cccc(F)c1. The molecule has 0 aliphatic carbocycles. The molecular formula is C13H18FN3O. The fourth-order valence-corrected chi connectivity index (χ4v) is 2.08. The standard InChI is InChI=1S/C13H18FN3O/c14-11-4-1-5-12(7-11)17-13(18)16-9-10-3-2-6-15-8-10/h1,4-5,7,10,15H,2-3,6,8-9H2,(H2,16,17,18)/t10-/m0/s1. The Hall–Kier alpha value is -1.62. The second-order valence-corrected chi connectivity index (χ2v) is 4.56. The van der Waals surface area contributed by atoms with Crippen LogP contribution in [0.4, 0.5) is 14.9 Å². The highest BCUT2D eigenvalue weighted by atomic mass is 19.1. The van der Waals surface area contributed by atoms with Crippen LogP contribution in [0.5, 0.6) is 0 Å². The van der Waals surface area contributed by atoms with Crippen molar-refractivity contribution in [1.82, 2.24) is 10.6 Å². The predicted molar refractivity (Wildman–Crippen MR) is 69.0 cm³/mol. The number of piperidine rings is 1. The molecule has 0 spiro atoms. The maximum absolute atomic E-state index is 12.9. The van der Waals surface area contributed by atoms with E-state index in [1.54, 1.807) is 12.1 Å². The average molecular weight is 251 g/mol. The normalized spacial score (nSPS) is 19.3. The molecule has 3 N–H and O–H groups in total. The van der Waals surface area contributed by atoms with Crippen molar-refractivity contribution in [3.8, 4) is 0 Å². The minimum Gasteiger partial charge on any atom is -0.338 e. The van der Waals surface area contributed by atoms with Gasteiger partial charge in [0.2, 0.25) is 0 Å². The summed E-state index contributed by atoms with van der Waals surface area (Å²) in [6, 6.07) is 5.57. The molecule has 0 saturated carbocycles. The summed E-state index contributed by atoms with van der Waals surface area (Å²) in [4.78, 5) is 11.6. The zero-order valence-corrected chi connectivity index (χ0v) is 10.2. The molecule has 2 rings (SSSR count). The highest BCUT2D eigenvalue weighted by Gasteiger charge is 2.13. The monoisotopic (exact) mass is 251 g/mol. The quantitative estimate of drug-likeness (QED) is 0.769. The molecule has 1 aromatic carbocycles. The van der Waals surface area contributed by atoms with Gasteiger partial charge in [-0.25, -0.2) is 9.18 Å². The van der Waals surface area contributed by atoms with Crippen molar-refractivity contribution < 1.29 is 9.18 Å².